The molecule has 38 heavy (non-hydrogen) atoms. The highest BCUT2D eigenvalue weighted by atomic mass is 32.1. The second-order valence-corrected chi connectivity index (χ2v) is 11.9. The van der Waals surface area contributed by atoms with Crippen LogP contribution in [0.4, 0.5) is 17.2 Å². The Hall–Kier alpha value is -3.82. The second kappa shape index (κ2) is 9.18. The van der Waals surface area contributed by atoms with E-state index < -0.39 is 0 Å². The summed E-state index contributed by atoms with van der Waals surface area (Å²) in [6.07, 6.45) is 7.75. The number of amides is 1. The van der Waals surface area contributed by atoms with Gasteiger partial charge in [0.2, 0.25) is 0 Å². The van der Waals surface area contributed by atoms with Gasteiger partial charge in [-0.1, -0.05) is 26.0 Å². The Kier molecular flexibility index (Phi) is 5.92. The van der Waals surface area contributed by atoms with Crippen LogP contribution in [0.5, 0.6) is 0 Å². The zero-order chi connectivity index (χ0) is 26.6. The third kappa shape index (κ3) is 4.12. The van der Waals surface area contributed by atoms with Crippen LogP contribution in [0, 0.1) is 5.41 Å². The predicted octanol–water partition coefficient (Wildman–Crippen LogP) is 4.47. The highest BCUT2D eigenvalue weighted by Gasteiger charge is 2.38. The number of nitrogens with one attached hydrogen (secondary N) is 1. The predicted molar refractivity (Wildman–Crippen MR) is 149 cm³/mol. The maximum Gasteiger partial charge on any atom is 0.293 e. The number of aromatic nitrogens is 3. The van der Waals surface area contributed by atoms with Crippen molar-refractivity contribution in [2.45, 2.75) is 39.7 Å². The van der Waals surface area contributed by atoms with E-state index in [1.807, 2.05) is 18.2 Å². The molecule has 0 radical (unpaired) electrons. The van der Waals surface area contributed by atoms with Crippen molar-refractivity contribution >= 4 is 34.4 Å². The number of pyridine rings is 1. The Balaban J connectivity index is 1.38. The lowest BCUT2D eigenvalue weighted by Crippen LogP contribution is -2.37. The molecule has 0 atom stereocenters. The molecule has 0 unspecified atom stereocenters. The van der Waals surface area contributed by atoms with E-state index in [-0.39, 0.29) is 29.3 Å². The number of rotatable bonds is 5. The first kappa shape index (κ1) is 24.5. The van der Waals surface area contributed by atoms with Crippen molar-refractivity contribution in [2.75, 3.05) is 16.8 Å². The lowest BCUT2D eigenvalue weighted by molar-refractivity contribution is 0.0984. The lowest BCUT2D eigenvalue weighted by Gasteiger charge is -2.30. The van der Waals surface area contributed by atoms with Crippen LogP contribution in [-0.4, -0.2) is 32.1 Å². The number of fused-ring (bicyclic) bond motifs is 3. The number of aliphatic hydroxyl groups excluding tert-OH is 1. The molecule has 1 aliphatic carbocycles. The van der Waals surface area contributed by atoms with Gasteiger partial charge in [0.15, 0.2) is 5.82 Å². The van der Waals surface area contributed by atoms with Crippen LogP contribution in [-0.2, 0) is 32.9 Å². The molecule has 0 fully saturated rings. The standard InChI is InChI=1S/C29H29N5O3S/c1-29(2)12-20-19-9-11-34(27(36)25(19)38-24(20)13-29)23-8-4-7-18(21(23)16-35)22-15-33(3)28(37)26(32-22)31-17-6-5-10-30-14-17/h4-8,10,14-15,35H,9,11-13,16H2,1-3H3,(H,31,32). The van der Waals surface area contributed by atoms with Gasteiger partial charge in [-0.2, -0.15) is 0 Å². The van der Waals surface area contributed by atoms with E-state index in [1.54, 1.807) is 54.0 Å². The number of carbonyl (C=O) groups is 1. The normalized spacial score (nSPS) is 15.9. The highest BCUT2D eigenvalue weighted by Crippen LogP contribution is 2.46. The van der Waals surface area contributed by atoms with Gasteiger partial charge >= 0.3 is 0 Å². The molecule has 4 aromatic rings. The molecule has 4 heterocycles. The molecule has 1 aliphatic heterocycles. The second-order valence-electron chi connectivity index (χ2n) is 10.8. The summed E-state index contributed by atoms with van der Waals surface area (Å²) in [6.45, 7) is 4.86. The van der Waals surface area contributed by atoms with Gasteiger partial charge in [-0.3, -0.25) is 14.6 Å². The fraction of sp³-hybridized carbons (Fsp3) is 0.310. The molecule has 194 valence electrons. The largest absolute Gasteiger partial charge is 0.392 e. The number of aliphatic hydroxyl groups is 1. The smallest absolute Gasteiger partial charge is 0.293 e. The number of anilines is 3. The van der Waals surface area contributed by atoms with Gasteiger partial charge in [0.25, 0.3) is 11.5 Å². The Morgan fingerprint density at radius 3 is 2.74 bits per heavy atom. The van der Waals surface area contributed by atoms with Gasteiger partial charge in [-0.05, 0) is 54.0 Å². The van der Waals surface area contributed by atoms with Crippen LogP contribution in [0.1, 0.15) is 45.1 Å². The summed E-state index contributed by atoms with van der Waals surface area (Å²) in [5, 5.41) is 13.5. The molecule has 0 bridgehead atoms. The number of aryl methyl sites for hydroxylation is 1. The quantitative estimate of drug-likeness (QED) is 0.397. The molecule has 8 nitrogen and oxygen atoms in total. The zero-order valence-corrected chi connectivity index (χ0v) is 22.4. The van der Waals surface area contributed by atoms with Crippen LogP contribution in [0.15, 0.2) is 53.7 Å². The molecule has 2 N–H and O–H groups in total. The molecule has 3 aromatic heterocycles. The molecular formula is C29H29N5O3S. The van der Waals surface area contributed by atoms with Crippen LogP contribution in [0.3, 0.4) is 0 Å². The van der Waals surface area contributed by atoms with E-state index in [9.17, 15) is 14.7 Å². The van der Waals surface area contributed by atoms with Crippen molar-refractivity contribution in [2.24, 2.45) is 12.5 Å². The van der Waals surface area contributed by atoms with Gasteiger partial charge in [-0.15, -0.1) is 11.3 Å². The topological polar surface area (TPSA) is 100 Å². The molecule has 2 aliphatic rings. The lowest BCUT2D eigenvalue weighted by atomic mass is 9.89. The van der Waals surface area contributed by atoms with Crippen molar-refractivity contribution in [1.82, 2.24) is 14.5 Å². The van der Waals surface area contributed by atoms with Crippen molar-refractivity contribution < 1.29 is 9.90 Å². The molecule has 0 saturated heterocycles. The fourth-order valence-corrected chi connectivity index (χ4v) is 7.19. The Morgan fingerprint density at radius 2 is 1.97 bits per heavy atom. The van der Waals surface area contributed by atoms with Crippen LogP contribution < -0.4 is 15.8 Å². The van der Waals surface area contributed by atoms with E-state index in [0.29, 0.717) is 34.7 Å². The van der Waals surface area contributed by atoms with Crippen LogP contribution in [0.2, 0.25) is 0 Å². The maximum absolute atomic E-state index is 13.7. The summed E-state index contributed by atoms with van der Waals surface area (Å²) < 4.78 is 1.46. The van der Waals surface area contributed by atoms with Gasteiger partial charge in [0.05, 0.1) is 34.7 Å². The van der Waals surface area contributed by atoms with Crippen LogP contribution >= 0.6 is 11.3 Å². The Bertz CT molecular complexity index is 1620. The van der Waals surface area contributed by atoms with E-state index in [4.69, 9.17) is 0 Å². The van der Waals surface area contributed by atoms with Gasteiger partial charge < -0.3 is 19.9 Å². The number of carbonyl (C=O) groups excluding carboxylic acids is 1. The summed E-state index contributed by atoms with van der Waals surface area (Å²) in [5.41, 5.74) is 5.67. The van der Waals surface area contributed by atoms with E-state index >= 15 is 0 Å². The molecule has 0 saturated carbocycles. The third-order valence-electron chi connectivity index (χ3n) is 7.39. The molecule has 1 aromatic carbocycles. The SMILES string of the molecule is Cn1cc(-c2cccc(N3CCc4c(sc5c4CC(C)(C)C5)C3=O)c2CO)nc(Nc2cccnc2)c1=O. The summed E-state index contributed by atoms with van der Waals surface area (Å²) in [5.74, 6) is 0.143. The molecule has 1 amide bonds. The highest BCUT2D eigenvalue weighted by molar-refractivity contribution is 7.14. The van der Waals surface area contributed by atoms with Crippen molar-refractivity contribution in [3.05, 3.63) is 85.7 Å². The first-order valence-electron chi connectivity index (χ1n) is 12.7. The van der Waals surface area contributed by atoms with Gasteiger partial charge in [0.1, 0.15) is 0 Å². The van der Waals surface area contributed by atoms with Crippen molar-refractivity contribution in [3.8, 4) is 11.3 Å². The minimum atomic E-state index is -0.285. The molecule has 6 rings (SSSR count). The number of benzene rings is 1. The van der Waals surface area contributed by atoms with E-state index in [2.05, 4.69) is 29.1 Å². The summed E-state index contributed by atoms with van der Waals surface area (Å²) >= 11 is 1.64. The van der Waals surface area contributed by atoms with Crippen LogP contribution in [0.25, 0.3) is 11.3 Å². The summed E-state index contributed by atoms with van der Waals surface area (Å²) in [4.78, 5) is 39.2. The van der Waals surface area contributed by atoms with Gasteiger partial charge in [0, 0.05) is 42.0 Å². The minimum Gasteiger partial charge on any atom is -0.392 e. The number of hydrogen-bond donors (Lipinski definition) is 2. The number of thiophene rings is 1. The molecule has 9 heteroatoms. The Morgan fingerprint density at radius 1 is 1.13 bits per heavy atom. The number of nitrogens with zero attached hydrogens (tertiary/aromatic N) is 4. The van der Waals surface area contributed by atoms with Gasteiger partial charge in [-0.25, -0.2) is 4.98 Å². The number of hydrogen-bond acceptors (Lipinski definition) is 7. The van der Waals surface area contributed by atoms with E-state index in [1.165, 1.54) is 20.6 Å². The fourth-order valence-electron chi connectivity index (χ4n) is 5.61. The first-order valence-corrected chi connectivity index (χ1v) is 13.5. The third-order valence-corrected chi connectivity index (χ3v) is 8.65. The van der Waals surface area contributed by atoms with Crippen molar-refractivity contribution in [3.63, 3.8) is 0 Å². The van der Waals surface area contributed by atoms with E-state index in [0.717, 1.165) is 24.1 Å². The average Bonchev–Trinajstić information content (AvgIpc) is 3.39. The first-order chi connectivity index (χ1) is 18.3. The summed E-state index contributed by atoms with van der Waals surface area (Å²) in [7, 11) is 1.66. The average molecular weight is 528 g/mol. The molecular weight excluding hydrogens is 498 g/mol. The summed E-state index contributed by atoms with van der Waals surface area (Å²) in [6, 6.07) is 9.17. The maximum atomic E-state index is 13.7. The zero-order valence-electron chi connectivity index (χ0n) is 21.6. The molecule has 0 spiro atoms. The van der Waals surface area contributed by atoms with Crippen molar-refractivity contribution in [1.29, 1.82) is 0 Å². The monoisotopic (exact) mass is 527 g/mol. The minimum absolute atomic E-state index is 0.0114. The Labute approximate surface area is 224 Å².